The second-order valence-electron chi connectivity index (χ2n) is 7.20. The van der Waals surface area contributed by atoms with E-state index in [1.165, 1.54) is 30.5 Å². The van der Waals surface area contributed by atoms with Gasteiger partial charge in [0.2, 0.25) is 0 Å². The van der Waals surface area contributed by atoms with Gasteiger partial charge in [0.05, 0.1) is 11.5 Å². The molecular formula is C23H28N2O4S. The van der Waals surface area contributed by atoms with E-state index in [0.29, 0.717) is 30.2 Å². The standard InChI is InChI=1S/C23H28N2O4S/c1-2-29-21-11-13-22(14-12-21)30(27,28)25-20-10-6-9-19(17-20)23(26)24-16-15-18-7-4-3-5-8-18/h6-7,9-14,17,25H,2-5,8,15-16H2,1H3,(H,24,26). The van der Waals surface area contributed by atoms with Crippen LogP contribution in [-0.4, -0.2) is 27.5 Å². The first-order valence-corrected chi connectivity index (χ1v) is 11.8. The summed E-state index contributed by atoms with van der Waals surface area (Å²) in [6.45, 7) is 2.95. The van der Waals surface area contributed by atoms with Crippen molar-refractivity contribution in [2.75, 3.05) is 17.9 Å². The van der Waals surface area contributed by atoms with Crippen LogP contribution < -0.4 is 14.8 Å². The van der Waals surface area contributed by atoms with Gasteiger partial charge in [-0.3, -0.25) is 9.52 Å². The topological polar surface area (TPSA) is 84.5 Å². The van der Waals surface area contributed by atoms with Gasteiger partial charge in [0, 0.05) is 17.8 Å². The van der Waals surface area contributed by atoms with Crippen LogP contribution in [0.15, 0.2) is 65.1 Å². The van der Waals surface area contributed by atoms with Gasteiger partial charge < -0.3 is 10.1 Å². The SMILES string of the molecule is CCOc1ccc(S(=O)(=O)Nc2cccc(C(=O)NCCC3=CCCCC3)c2)cc1. The first kappa shape index (κ1) is 21.9. The van der Waals surface area contributed by atoms with E-state index in [9.17, 15) is 13.2 Å². The van der Waals surface area contributed by atoms with Crippen molar-refractivity contribution >= 4 is 21.6 Å². The zero-order chi connectivity index (χ0) is 21.4. The Bertz CT molecular complexity index is 998. The predicted molar refractivity (Wildman–Crippen MR) is 118 cm³/mol. The summed E-state index contributed by atoms with van der Waals surface area (Å²) in [6, 6.07) is 12.7. The Morgan fingerprint density at radius 1 is 1.10 bits per heavy atom. The maximum Gasteiger partial charge on any atom is 0.261 e. The molecule has 0 radical (unpaired) electrons. The Morgan fingerprint density at radius 2 is 1.90 bits per heavy atom. The number of allylic oxidation sites excluding steroid dienone is 1. The largest absolute Gasteiger partial charge is 0.494 e. The monoisotopic (exact) mass is 428 g/mol. The van der Waals surface area contributed by atoms with Crippen molar-refractivity contribution < 1.29 is 17.9 Å². The Balaban J connectivity index is 1.61. The van der Waals surface area contributed by atoms with Gasteiger partial charge in [-0.15, -0.1) is 0 Å². The highest BCUT2D eigenvalue weighted by Crippen LogP contribution is 2.21. The molecule has 2 aromatic rings. The van der Waals surface area contributed by atoms with E-state index in [1.54, 1.807) is 36.4 Å². The minimum atomic E-state index is -3.76. The molecule has 30 heavy (non-hydrogen) atoms. The Morgan fingerprint density at radius 3 is 2.60 bits per heavy atom. The maximum atomic E-state index is 12.6. The van der Waals surface area contributed by atoms with Gasteiger partial charge in [-0.2, -0.15) is 0 Å². The summed E-state index contributed by atoms with van der Waals surface area (Å²) in [6.07, 6.45) is 7.83. The second kappa shape index (κ2) is 10.3. The van der Waals surface area contributed by atoms with Crippen LogP contribution in [-0.2, 0) is 10.0 Å². The van der Waals surface area contributed by atoms with Crippen molar-refractivity contribution in [3.8, 4) is 5.75 Å². The van der Waals surface area contributed by atoms with E-state index >= 15 is 0 Å². The second-order valence-corrected chi connectivity index (χ2v) is 8.89. The number of amides is 1. The molecule has 0 saturated heterocycles. The molecule has 3 rings (SSSR count). The molecule has 1 amide bonds. The highest BCUT2D eigenvalue weighted by atomic mass is 32.2. The van der Waals surface area contributed by atoms with Gasteiger partial charge in [0.15, 0.2) is 0 Å². The molecule has 0 bridgehead atoms. The lowest BCUT2D eigenvalue weighted by molar-refractivity contribution is 0.0954. The Hall–Kier alpha value is -2.80. The molecule has 0 saturated carbocycles. The van der Waals surface area contributed by atoms with Gasteiger partial charge in [0.25, 0.3) is 15.9 Å². The minimum Gasteiger partial charge on any atom is -0.494 e. The van der Waals surface area contributed by atoms with Crippen molar-refractivity contribution in [3.05, 3.63) is 65.7 Å². The summed E-state index contributed by atoms with van der Waals surface area (Å²) in [5.41, 5.74) is 2.16. The molecule has 160 valence electrons. The molecule has 0 aromatic heterocycles. The number of anilines is 1. The molecule has 2 N–H and O–H groups in total. The number of hydrogen-bond donors (Lipinski definition) is 2. The molecule has 0 heterocycles. The van der Waals surface area contributed by atoms with Gasteiger partial charge in [0.1, 0.15) is 5.75 Å². The number of carbonyl (C=O) groups is 1. The highest BCUT2D eigenvalue weighted by Gasteiger charge is 2.15. The normalized spacial score (nSPS) is 14.0. The average molecular weight is 429 g/mol. The number of benzene rings is 2. The summed E-state index contributed by atoms with van der Waals surface area (Å²) < 4.78 is 33.2. The third-order valence-corrected chi connectivity index (χ3v) is 6.34. The van der Waals surface area contributed by atoms with Crippen molar-refractivity contribution in [2.45, 2.75) is 43.9 Å². The van der Waals surface area contributed by atoms with Crippen LogP contribution in [0.2, 0.25) is 0 Å². The van der Waals surface area contributed by atoms with Crippen LogP contribution in [0.5, 0.6) is 5.75 Å². The van der Waals surface area contributed by atoms with Crippen molar-refractivity contribution in [1.82, 2.24) is 5.32 Å². The fourth-order valence-electron chi connectivity index (χ4n) is 3.39. The molecular weight excluding hydrogens is 400 g/mol. The van der Waals surface area contributed by atoms with E-state index in [2.05, 4.69) is 16.1 Å². The molecule has 6 nitrogen and oxygen atoms in total. The fraction of sp³-hybridized carbons (Fsp3) is 0.348. The quantitative estimate of drug-likeness (QED) is 0.576. The van der Waals surface area contributed by atoms with E-state index < -0.39 is 10.0 Å². The van der Waals surface area contributed by atoms with E-state index in [1.807, 2.05) is 6.92 Å². The molecule has 1 aliphatic rings. The van der Waals surface area contributed by atoms with Crippen molar-refractivity contribution in [2.24, 2.45) is 0 Å². The highest BCUT2D eigenvalue weighted by molar-refractivity contribution is 7.92. The maximum absolute atomic E-state index is 12.6. The summed E-state index contributed by atoms with van der Waals surface area (Å²) in [5.74, 6) is 0.396. The number of ether oxygens (including phenoxy) is 1. The van der Waals surface area contributed by atoms with Gasteiger partial charge in [-0.05, 0) is 81.5 Å². The number of carbonyl (C=O) groups excluding carboxylic acids is 1. The molecule has 0 aliphatic heterocycles. The first-order chi connectivity index (χ1) is 14.5. The molecule has 1 aliphatic carbocycles. The lowest BCUT2D eigenvalue weighted by Crippen LogP contribution is -2.25. The first-order valence-electron chi connectivity index (χ1n) is 10.3. The van der Waals surface area contributed by atoms with Crippen LogP contribution in [0.3, 0.4) is 0 Å². The minimum absolute atomic E-state index is 0.126. The fourth-order valence-corrected chi connectivity index (χ4v) is 4.44. The van der Waals surface area contributed by atoms with E-state index in [-0.39, 0.29) is 10.8 Å². The third-order valence-electron chi connectivity index (χ3n) is 4.94. The Kier molecular flexibility index (Phi) is 7.52. The van der Waals surface area contributed by atoms with Gasteiger partial charge in [-0.25, -0.2) is 8.42 Å². The van der Waals surface area contributed by atoms with E-state index in [0.717, 1.165) is 19.3 Å². The third kappa shape index (κ3) is 6.10. The molecule has 0 unspecified atom stereocenters. The number of rotatable bonds is 9. The number of sulfonamides is 1. The summed E-state index contributed by atoms with van der Waals surface area (Å²) in [7, 11) is -3.76. The van der Waals surface area contributed by atoms with Crippen LogP contribution in [0.25, 0.3) is 0 Å². The molecule has 0 spiro atoms. The average Bonchev–Trinajstić information content (AvgIpc) is 2.75. The van der Waals surface area contributed by atoms with Crippen LogP contribution in [0.1, 0.15) is 49.4 Å². The smallest absolute Gasteiger partial charge is 0.261 e. The van der Waals surface area contributed by atoms with E-state index in [4.69, 9.17) is 4.74 Å². The summed E-state index contributed by atoms with van der Waals surface area (Å²) in [5, 5.41) is 2.92. The predicted octanol–water partition coefficient (Wildman–Crippen LogP) is 4.51. The lowest BCUT2D eigenvalue weighted by Gasteiger charge is -2.13. The lowest BCUT2D eigenvalue weighted by atomic mass is 9.97. The zero-order valence-electron chi connectivity index (χ0n) is 17.2. The molecule has 2 aromatic carbocycles. The Labute approximate surface area is 178 Å². The zero-order valence-corrected chi connectivity index (χ0v) is 18.0. The van der Waals surface area contributed by atoms with Crippen molar-refractivity contribution in [3.63, 3.8) is 0 Å². The summed E-state index contributed by atoms with van der Waals surface area (Å²) in [4.78, 5) is 12.6. The van der Waals surface area contributed by atoms with Gasteiger partial charge in [-0.1, -0.05) is 17.7 Å². The molecule has 0 atom stereocenters. The van der Waals surface area contributed by atoms with Crippen LogP contribution in [0.4, 0.5) is 5.69 Å². The van der Waals surface area contributed by atoms with Crippen LogP contribution >= 0.6 is 0 Å². The number of nitrogens with one attached hydrogen (secondary N) is 2. The van der Waals surface area contributed by atoms with Gasteiger partial charge >= 0.3 is 0 Å². The van der Waals surface area contributed by atoms with Crippen LogP contribution in [0, 0.1) is 0 Å². The summed E-state index contributed by atoms with van der Waals surface area (Å²) >= 11 is 0. The molecule has 7 heteroatoms. The molecule has 0 fully saturated rings. The number of hydrogen-bond acceptors (Lipinski definition) is 4. The van der Waals surface area contributed by atoms with Crippen molar-refractivity contribution in [1.29, 1.82) is 0 Å².